The van der Waals surface area contributed by atoms with Crippen LogP contribution in [0.5, 0.6) is 0 Å². The summed E-state index contributed by atoms with van der Waals surface area (Å²) in [4.78, 5) is 12.3. The summed E-state index contributed by atoms with van der Waals surface area (Å²) in [5.74, 6) is -1.74. The molecule has 2 rings (SSSR count). The minimum Gasteiger partial charge on any atom is -0.362 e. The van der Waals surface area contributed by atoms with Gasteiger partial charge in [0.1, 0.15) is 5.82 Å². The van der Waals surface area contributed by atoms with Crippen LogP contribution in [-0.2, 0) is 0 Å². The standard InChI is InChI=1S/C15H16F4N2O2/c1-9(2)7-12-8-14(23,15(17,18)19)21(20-12)13(22)10-3-5-11(16)6-4-10/h3-6,9,23H,7-8H2,1-2H3/t14-/m0/s1. The molecule has 0 bridgehead atoms. The van der Waals surface area contributed by atoms with E-state index in [0.717, 1.165) is 24.3 Å². The zero-order valence-corrected chi connectivity index (χ0v) is 12.6. The molecule has 0 fully saturated rings. The molecule has 1 aromatic rings. The smallest absolute Gasteiger partial charge is 0.362 e. The van der Waals surface area contributed by atoms with Crippen molar-refractivity contribution in [2.45, 2.75) is 38.6 Å². The molecule has 1 aliphatic heterocycles. The van der Waals surface area contributed by atoms with E-state index in [1.165, 1.54) is 0 Å². The summed E-state index contributed by atoms with van der Waals surface area (Å²) in [6.07, 6.45) is -5.63. The highest BCUT2D eigenvalue weighted by atomic mass is 19.4. The van der Waals surface area contributed by atoms with Crippen LogP contribution in [-0.4, -0.2) is 33.6 Å². The predicted molar refractivity (Wildman–Crippen MR) is 75.1 cm³/mol. The minimum absolute atomic E-state index is 0.0205. The van der Waals surface area contributed by atoms with E-state index in [-0.39, 0.29) is 28.6 Å². The number of carbonyl (C=O) groups is 1. The summed E-state index contributed by atoms with van der Waals surface area (Å²) >= 11 is 0. The van der Waals surface area contributed by atoms with E-state index in [1.807, 2.05) is 0 Å². The number of hydrogen-bond donors (Lipinski definition) is 1. The Morgan fingerprint density at radius 2 is 1.91 bits per heavy atom. The molecule has 23 heavy (non-hydrogen) atoms. The first-order valence-corrected chi connectivity index (χ1v) is 7.00. The van der Waals surface area contributed by atoms with Crippen LogP contribution in [0.3, 0.4) is 0 Å². The van der Waals surface area contributed by atoms with Gasteiger partial charge in [0, 0.05) is 17.7 Å². The number of hydrazone groups is 1. The maximum absolute atomic E-state index is 13.3. The van der Waals surface area contributed by atoms with Crippen LogP contribution in [0, 0.1) is 11.7 Å². The molecular formula is C15H16F4N2O2. The lowest BCUT2D eigenvalue weighted by molar-refractivity contribution is -0.297. The molecule has 1 amide bonds. The van der Waals surface area contributed by atoms with E-state index < -0.39 is 30.0 Å². The molecule has 0 unspecified atom stereocenters. The topological polar surface area (TPSA) is 52.9 Å². The Morgan fingerprint density at radius 1 is 1.35 bits per heavy atom. The molecule has 1 aromatic carbocycles. The van der Waals surface area contributed by atoms with Gasteiger partial charge in [-0.05, 0) is 36.6 Å². The van der Waals surface area contributed by atoms with E-state index >= 15 is 0 Å². The van der Waals surface area contributed by atoms with Gasteiger partial charge >= 0.3 is 6.18 Å². The van der Waals surface area contributed by atoms with Crippen molar-refractivity contribution < 1.29 is 27.5 Å². The molecule has 0 saturated heterocycles. The highest BCUT2D eigenvalue weighted by Crippen LogP contribution is 2.41. The van der Waals surface area contributed by atoms with Crippen LogP contribution in [0.4, 0.5) is 17.6 Å². The molecule has 0 saturated carbocycles. The third-order valence-corrected chi connectivity index (χ3v) is 3.42. The number of hydrogen-bond acceptors (Lipinski definition) is 3. The highest BCUT2D eigenvalue weighted by Gasteiger charge is 2.63. The zero-order chi connectivity index (χ0) is 17.4. The summed E-state index contributed by atoms with van der Waals surface area (Å²) in [7, 11) is 0. The average molecular weight is 332 g/mol. The van der Waals surface area contributed by atoms with Gasteiger partial charge in [-0.1, -0.05) is 13.8 Å². The lowest BCUT2D eigenvalue weighted by Crippen LogP contribution is -2.56. The fourth-order valence-corrected chi connectivity index (χ4v) is 2.35. The first-order valence-electron chi connectivity index (χ1n) is 7.00. The van der Waals surface area contributed by atoms with Gasteiger partial charge in [-0.15, -0.1) is 0 Å². The molecule has 0 aliphatic carbocycles. The van der Waals surface area contributed by atoms with Gasteiger partial charge in [0.15, 0.2) is 0 Å². The lowest BCUT2D eigenvalue weighted by Gasteiger charge is -2.32. The van der Waals surface area contributed by atoms with Crippen molar-refractivity contribution in [2.24, 2.45) is 11.0 Å². The van der Waals surface area contributed by atoms with E-state index in [9.17, 15) is 27.5 Å². The van der Waals surface area contributed by atoms with Gasteiger partial charge in [-0.2, -0.15) is 23.3 Å². The third-order valence-electron chi connectivity index (χ3n) is 3.42. The van der Waals surface area contributed by atoms with E-state index in [2.05, 4.69) is 5.10 Å². The van der Waals surface area contributed by atoms with Crippen molar-refractivity contribution in [3.05, 3.63) is 35.6 Å². The molecular weight excluding hydrogens is 316 g/mol. The Hall–Kier alpha value is -1.96. The minimum atomic E-state index is -5.06. The molecule has 1 N–H and O–H groups in total. The number of benzene rings is 1. The van der Waals surface area contributed by atoms with Gasteiger partial charge < -0.3 is 5.11 Å². The van der Waals surface area contributed by atoms with E-state index in [4.69, 9.17) is 0 Å². The van der Waals surface area contributed by atoms with Gasteiger partial charge in [0.05, 0.1) is 0 Å². The number of nitrogens with zero attached hydrogens (tertiary/aromatic N) is 2. The van der Waals surface area contributed by atoms with Crippen LogP contribution in [0.25, 0.3) is 0 Å². The monoisotopic (exact) mass is 332 g/mol. The Morgan fingerprint density at radius 3 is 2.39 bits per heavy atom. The SMILES string of the molecule is CC(C)CC1=NN(C(=O)c2ccc(F)cc2)[C@@](O)(C(F)(F)F)C1. The fourth-order valence-electron chi connectivity index (χ4n) is 2.35. The molecule has 1 atom stereocenters. The van der Waals surface area contributed by atoms with E-state index in [0.29, 0.717) is 0 Å². The Balaban J connectivity index is 2.39. The second-order valence-corrected chi connectivity index (χ2v) is 5.88. The first kappa shape index (κ1) is 17.4. The molecule has 1 aliphatic rings. The Bertz CT molecular complexity index is 625. The number of aliphatic hydroxyl groups is 1. The van der Waals surface area contributed by atoms with E-state index in [1.54, 1.807) is 13.8 Å². The molecule has 0 aromatic heterocycles. The second kappa shape index (κ2) is 5.92. The molecule has 0 radical (unpaired) electrons. The largest absolute Gasteiger partial charge is 0.438 e. The predicted octanol–water partition coefficient (Wildman–Crippen LogP) is 3.32. The van der Waals surface area contributed by atoms with Crippen molar-refractivity contribution in [1.82, 2.24) is 5.01 Å². The van der Waals surface area contributed by atoms with Crippen LogP contribution in [0.15, 0.2) is 29.4 Å². The van der Waals surface area contributed by atoms with Crippen molar-refractivity contribution >= 4 is 11.6 Å². The normalized spacial score (nSPS) is 21.7. The summed E-state index contributed by atoms with van der Waals surface area (Å²) in [5, 5.41) is 13.8. The lowest BCUT2D eigenvalue weighted by atomic mass is 9.99. The van der Waals surface area contributed by atoms with Gasteiger partial charge in [0.25, 0.3) is 11.6 Å². The maximum atomic E-state index is 13.3. The van der Waals surface area contributed by atoms with Crippen molar-refractivity contribution in [2.75, 3.05) is 0 Å². The summed E-state index contributed by atoms with van der Waals surface area (Å²) in [6.45, 7) is 3.58. The number of rotatable bonds is 3. The Kier molecular flexibility index (Phi) is 4.48. The highest BCUT2D eigenvalue weighted by molar-refractivity contribution is 5.98. The van der Waals surface area contributed by atoms with Gasteiger partial charge in [0.2, 0.25) is 0 Å². The second-order valence-electron chi connectivity index (χ2n) is 5.88. The summed E-state index contributed by atoms with van der Waals surface area (Å²) in [5.41, 5.74) is -3.48. The summed E-state index contributed by atoms with van der Waals surface area (Å²) in [6, 6.07) is 4.00. The number of amides is 1. The molecule has 1 heterocycles. The van der Waals surface area contributed by atoms with Crippen molar-refractivity contribution in [3.8, 4) is 0 Å². The third kappa shape index (κ3) is 3.36. The van der Waals surface area contributed by atoms with Crippen LogP contribution in [0.1, 0.15) is 37.0 Å². The fraction of sp³-hybridized carbons (Fsp3) is 0.467. The molecule has 4 nitrogen and oxygen atoms in total. The number of carbonyl (C=O) groups excluding carboxylic acids is 1. The van der Waals surface area contributed by atoms with Crippen molar-refractivity contribution in [3.63, 3.8) is 0 Å². The maximum Gasteiger partial charge on any atom is 0.438 e. The Labute approximate surface area is 130 Å². The van der Waals surface area contributed by atoms with Crippen molar-refractivity contribution in [1.29, 1.82) is 0 Å². The molecule has 126 valence electrons. The number of alkyl halides is 3. The van der Waals surface area contributed by atoms with Crippen LogP contribution < -0.4 is 0 Å². The van der Waals surface area contributed by atoms with Crippen LogP contribution in [0.2, 0.25) is 0 Å². The van der Waals surface area contributed by atoms with Gasteiger partial charge in [-0.25, -0.2) is 4.39 Å². The zero-order valence-electron chi connectivity index (χ0n) is 12.6. The number of halogens is 4. The molecule has 8 heteroatoms. The summed E-state index contributed by atoms with van der Waals surface area (Å²) < 4.78 is 52.7. The average Bonchev–Trinajstić information content (AvgIpc) is 2.75. The van der Waals surface area contributed by atoms with Gasteiger partial charge in [-0.3, -0.25) is 4.79 Å². The quantitative estimate of drug-likeness (QED) is 0.863. The first-order chi connectivity index (χ1) is 10.5. The van der Waals surface area contributed by atoms with Crippen LogP contribution >= 0.6 is 0 Å². The molecule has 0 spiro atoms.